The van der Waals surface area contributed by atoms with E-state index in [2.05, 4.69) is 23.8 Å². The van der Waals surface area contributed by atoms with Crippen LogP contribution in [-0.4, -0.2) is 16.5 Å². The molecule has 3 N–H and O–H groups in total. The number of hydrogen-bond acceptors (Lipinski definition) is 2. The van der Waals surface area contributed by atoms with E-state index >= 15 is 0 Å². The maximum Gasteiger partial charge on any atom is 0.106 e. The average Bonchev–Trinajstić information content (AvgIpc) is 2.87. The lowest BCUT2D eigenvalue weighted by molar-refractivity contribution is 0.409. The lowest BCUT2D eigenvalue weighted by Crippen LogP contribution is -2.19. The molecule has 2 aromatic rings. The fourth-order valence-electron chi connectivity index (χ4n) is 2.45. The monoisotopic (exact) mass is 291 g/mol. The Bertz CT molecular complexity index is 531. The first kappa shape index (κ1) is 15.1. The summed E-state index contributed by atoms with van der Waals surface area (Å²) in [5.74, 6) is 2.15. The Labute approximate surface area is 125 Å². The molecule has 0 saturated carbocycles. The van der Waals surface area contributed by atoms with Gasteiger partial charge in [-0.25, -0.2) is 4.98 Å². The molecule has 1 unspecified atom stereocenters. The molecule has 0 saturated heterocycles. The molecule has 0 fully saturated rings. The SMILES string of the molecule is CC(C)CC(CN)Cc1ncc(-c2ccc(Cl)cc2)[nH]1. The molecule has 1 aromatic carbocycles. The predicted octanol–water partition coefficient (Wildman–Crippen LogP) is 3.89. The smallest absolute Gasteiger partial charge is 0.106 e. The van der Waals surface area contributed by atoms with Crippen LogP contribution >= 0.6 is 11.6 Å². The fourth-order valence-corrected chi connectivity index (χ4v) is 2.57. The van der Waals surface area contributed by atoms with Crippen LogP contribution in [0, 0.1) is 11.8 Å². The molecule has 0 aliphatic carbocycles. The van der Waals surface area contributed by atoms with Gasteiger partial charge in [-0.15, -0.1) is 0 Å². The molecule has 0 amide bonds. The minimum absolute atomic E-state index is 0.485. The second-order valence-electron chi connectivity index (χ2n) is 5.69. The number of hydrogen-bond donors (Lipinski definition) is 2. The van der Waals surface area contributed by atoms with Crippen molar-refractivity contribution in [3.63, 3.8) is 0 Å². The van der Waals surface area contributed by atoms with Crippen LogP contribution in [-0.2, 0) is 6.42 Å². The molecule has 0 aliphatic heterocycles. The summed E-state index contributed by atoms with van der Waals surface area (Å²) in [6.07, 6.45) is 3.91. The maximum atomic E-state index is 5.90. The lowest BCUT2D eigenvalue weighted by Gasteiger charge is -2.15. The van der Waals surface area contributed by atoms with Gasteiger partial charge in [0.25, 0.3) is 0 Å². The van der Waals surface area contributed by atoms with E-state index in [1.807, 2.05) is 30.5 Å². The van der Waals surface area contributed by atoms with Gasteiger partial charge in [0.05, 0.1) is 11.9 Å². The van der Waals surface area contributed by atoms with Gasteiger partial charge in [-0.3, -0.25) is 0 Å². The second kappa shape index (κ2) is 6.91. The molecule has 20 heavy (non-hydrogen) atoms. The van der Waals surface area contributed by atoms with E-state index in [1.165, 1.54) is 0 Å². The summed E-state index contributed by atoms with van der Waals surface area (Å²) in [7, 11) is 0. The van der Waals surface area contributed by atoms with Crippen molar-refractivity contribution in [1.29, 1.82) is 0 Å². The highest BCUT2D eigenvalue weighted by Crippen LogP contribution is 2.21. The third kappa shape index (κ3) is 4.09. The highest BCUT2D eigenvalue weighted by Gasteiger charge is 2.12. The Morgan fingerprint density at radius 3 is 2.55 bits per heavy atom. The Morgan fingerprint density at radius 1 is 1.25 bits per heavy atom. The summed E-state index contributed by atoms with van der Waals surface area (Å²) < 4.78 is 0. The molecule has 1 aromatic heterocycles. The zero-order valence-corrected chi connectivity index (χ0v) is 12.8. The zero-order valence-electron chi connectivity index (χ0n) is 12.1. The Morgan fingerprint density at radius 2 is 1.95 bits per heavy atom. The number of H-pyrrole nitrogens is 1. The molecular weight excluding hydrogens is 270 g/mol. The number of nitrogens with two attached hydrogens (primary N) is 1. The third-order valence-corrected chi connectivity index (χ3v) is 3.66. The summed E-state index contributed by atoms with van der Waals surface area (Å²) in [5, 5.41) is 0.744. The van der Waals surface area contributed by atoms with Crippen molar-refractivity contribution in [3.8, 4) is 11.3 Å². The number of nitrogens with zero attached hydrogens (tertiary/aromatic N) is 1. The first-order valence-corrected chi connectivity index (χ1v) is 7.46. The van der Waals surface area contributed by atoms with Crippen LogP contribution in [0.15, 0.2) is 30.5 Å². The minimum Gasteiger partial charge on any atom is -0.342 e. The minimum atomic E-state index is 0.485. The highest BCUT2D eigenvalue weighted by molar-refractivity contribution is 6.30. The van der Waals surface area contributed by atoms with Crippen LogP contribution in [0.5, 0.6) is 0 Å². The van der Waals surface area contributed by atoms with Gasteiger partial charge in [0.1, 0.15) is 5.82 Å². The molecular formula is C16H22ClN3. The topological polar surface area (TPSA) is 54.7 Å². The molecule has 0 spiro atoms. The number of imidazole rings is 1. The lowest BCUT2D eigenvalue weighted by atomic mass is 9.94. The van der Waals surface area contributed by atoms with Crippen LogP contribution in [0.2, 0.25) is 5.02 Å². The van der Waals surface area contributed by atoms with Crippen molar-refractivity contribution in [2.45, 2.75) is 26.7 Å². The predicted molar refractivity (Wildman–Crippen MR) is 84.7 cm³/mol. The van der Waals surface area contributed by atoms with Gasteiger partial charge in [-0.1, -0.05) is 37.6 Å². The largest absolute Gasteiger partial charge is 0.342 e. The molecule has 4 heteroatoms. The first-order chi connectivity index (χ1) is 9.58. The first-order valence-electron chi connectivity index (χ1n) is 7.08. The zero-order chi connectivity index (χ0) is 14.5. The number of aromatic amines is 1. The van der Waals surface area contributed by atoms with Crippen LogP contribution in [0.4, 0.5) is 0 Å². The molecule has 0 bridgehead atoms. The van der Waals surface area contributed by atoms with Crippen LogP contribution < -0.4 is 5.73 Å². The van der Waals surface area contributed by atoms with Gasteiger partial charge in [0, 0.05) is 11.4 Å². The molecule has 0 radical (unpaired) electrons. The molecule has 2 rings (SSSR count). The van der Waals surface area contributed by atoms with E-state index < -0.39 is 0 Å². The van der Waals surface area contributed by atoms with Crippen molar-refractivity contribution in [3.05, 3.63) is 41.3 Å². The fraction of sp³-hybridized carbons (Fsp3) is 0.438. The second-order valence-corrected chi connectivity index (χ2v) is 6.12. The number of aromatic nitrogens is 2. The Kier molecular flexibility index (Phi) is 5.21. The van der Waals surface area contributed by atoms with Crippen molar-refractivity contribution in [2.75, 3.05) is 6.54 Å². The summed E-state index contributed by atoms with van der Waals surface area (Å²) >= 11 is 5.90. The molecule has 108 valence electrons. The molecule has 3 nitrogen and oxygen atoms in total. The van der Waals surface area contributed by atoms with Crippen molar-refractivity contribution < 1.29 is 0 Å². The van der Waals surface area contributed by atoms with Crippen LogP contribution in [0.1, 0.15) is 26.1 Å². The van der Waals surface area contributed by atoms with E-state index in [0.717, 1.165) is 34.9 Å². The van der Waals surface area contributed by atoms with Gasteiger partial charge in [0.2, 0.25) is 0 Å². The number of nitrogens with one attached hydrogen (secondary N) is 1. The van der Waals surface area contributed by atoms with E-state index in [0.29, 0.717) is 18.4 Å². The third-order valence-electron chi connectivity index (χ3n) is 3.40. The van der Waals surface area contributed by atoms with Gasteiger partial charge in [-0.05, 0) is 42.5 Å². The number of rotatable bonds is 6. The standard InChI is InChI=1S/C16H22ClN3/c1-11(2)7-12(9-18)8-16-19-10-15(20-16)13-3-5-14(17)6-4-13/h3-6,10-12H,7-9,18H2,1-2H3,(H,19,20). The normalized spacial score (nSPS) is 12.8. The maximum absolute atomic E-state index is 5.90. The van der Waals surface area contributed by atoms with E-state index in [9.17, 15) is 0 Å². The molecule has 1 atom stereocenters. The summed E-state index contributed by atoms with van der Waals surface area (Å²) in [5.41, 5.74) is 7.97. The van der Waals surface area contributed by atoms with Crippen molar-refractivity contribution in [2.24, 2.45) is 17.6 Å². The molecule has 1 heterocycles. The summed E-state index contributed by atoms with van der Waals surface area (Å²) in [6, 6.07) is 7.76. The number of benzene rings is 1. The van der Waals surface area contributed by atoms with E-state index in [-0.39, 0.29) is 0 Å². The van der Waals surface area contributed by atoms with Crippen LogP contribution in [0.25, 0.3) is 11.3 Å². The summed E-state index contributed by atoms with van der Waals surface area (Å²) in [4.78, 5) is 7.84. The average molecular weight is 292 g/mol. The highest BCUT2D eigenvalue weighted by atomic mass is 35.5. The quantitative estimate of drug-likeness (QED) is 0.848. The van der Waals surface area contributed by atoms with Crippen LogP contribution in [0.3, 0.4) is 0 Å². The van der Waals surface area contributed by atoms with Crippen molar-refractivity contribution >= 4 is 11.6 Å². The number of halogens is 1. The van der Waals surface area contributed by atoms with Gasteiger partial charge in [0.15, 0.2) is 0 Å². The van der Waals surface area contributed by atoms with Crippen molar-refractivity contribution in [1.82, 2.24) is 9.97 Å². The summed E-state index contributed by atoms with van der Waals surface area (Å²) in [6.45, 7) is 5.16. The Hall–Kier alpha value is -1.32. The van der Waals surface area contributed by atoms with E-state index in [4.69, 9.17) is 17.3 Å². The van der Waals surface area contributed by atoms with Gasteiger partial charge >= 0.3 is 0 Å². The molecule has 0 aliphatic rings. The van der Waals surface area contributed by atoms with Gasteiger partial charge < -0.3 is 10.7 Å². The Balaban J connectivity index is 2.06. The van der Waals surface area contributed by atoms with Gasteiger partial charge in [-0.2, -0.15) is 0 Å². The van der Waals surface area contributed by atoms with E-state index in [1.54, 1.807) is 0 Å².